The Balaban J connectivity index is 1.65. The Kier molecular flexibility index (Phi) is 5.26. The summed E-state index contributed by atoms with van der Waals surface area (Å²) in [4.78, 5) is 17.9. The first kappa shape index (κ1) is 23.2. The van der Waals surface area contributed by atoms with Crippen molar-refractivity contribution in [3.05, 3.63) is 58.4 Å². The van der Waals surface area contributed by atoms with Crippen molar-refractivity contribution in [2.24, 2.45) is 0 Å². The summed E-state index contributed by atoms with van der Waals surface area (Å²) in [5, 5.41) is 0. The Hall–Kier alpha value is -1.98. The summed E-state index contributed by atoms with van der Waals surface area (Å²) in [7, 11) is -0.481. The molecular formula is C27H36BNO3. The maximum atomic E-state index is 13.4. The van der Waals surface area contributed by atoms with Crippen molar-refractivity contribution >= 4 is 18.4 Å². The van der Waals surface area contributed by atoms with Gasteiger partial charge in [-0.15, -0.1) is 0 Å². The second-order valence-electron chi connectivity index (χ2n) is 11.9. The number of nitrogens with zero attached hydrogens (tertiary/aromatic N) is 1. The van der Waals surface area contributed by atoms with E-state index in [2.05, 4.69) is 44.8 Å². The number of carbonyl (C=O) groups excluding carboxylic acids is 1. The molecule has 0 unspecified atom stereocenters. The van der Waals surface area contributed by atoms with E-state index in [-0.39, 0.29) is 16.6 Å². The van der Waals surface area contributed by atoms with Crippen LogP contribution in [0.4, 0.5) is 0 Å². The molecule has 0 N–H and O–H groups in total. The molecule has 2 aromatic rings. The molecule has 1 aliphatic heterocycles. The quantitative estimate of drug-likeness (QED) is 0.489. The number of aryl methyl sites for hydroxylation is 1. The van der Waals surface area contributed by atoms with E-state index in [4.69, 9.17) is 9.31 Å². The van der Waals surface area contributed by atoms with Crippen LogP contribution >= 0.6 is 0 Å². The van der Waals surface area contributed by atoms with Gasteiger partial charge in [0.25, 0.3) is 0 Å². The van der Waals surface area contributed by atoms with Crippen molar-refractivity contribution in [1.29, 1.82) is 0 Å². The Labute approximate surface area is 193 Å². The fourth-order valence-electron chi connectivity index (χ4n) is 4.76. The van der Waals surface area contributed by atoms with Crippen LogP contribution in [0.3, 0.4) is 0 Å². The normalized spacial score (nSPS) is 22.5. The molecule has 0 radical (unpaired) electrons. The molecule has 1 aromatic heterocycles. The lowest BCUT2D eigenvalue weighted by Crippen LogP contribution is -2.41. The minimum absolute atomic E-state index is 0.0371. The highest BCUT2D eigenvalue weighted by Crippen LogP contribution is 2.46. The molecule has 1 saturated heterocycles. The average Bonchev–Trinajstić information content (AvgIpc) is 2.92. The van der Waals surface area contributed by atoms with Gasteiger partial charge in [0.1, 0.15) is 5.69 Å². The van der Waals surface area contributed by atoms with Gasteiger partial charge >= 0.3 is 7.12 Å². The summed E-state index contributed by atoms with van der Waals surface area (Å²) in [6.45, 7) is 19.3. The predicted octanol–water partition coefficient (Wildman–Crippen LogP) is 5.27. The lowest BCUT2D eigenvalue weighted by atomic mass is 9.62. The van der Waals surface area contributed by atoms with Crippen molar-refractivity contribution in [3.63, 3.8) is 0 Å². The molecule has 2 heterocycles. The van der Waals surface area contributed by atoms with Crippen molar-refractivity contribution in [1.82, 2.24) is 4.98 Å². The molecule has 0 bridgehead atoms. The van der Waals surface area contributed by atoms with Gasteiger partial charge in [0.2, 0.25) is 5.78 Å². The van der Waals surface area contributed by atoms with Gasteiger partial charge in [-0.25, -0.2) is 0 Å². The molecule has 1 aromatic carbocycles. The predicted molar refractivity (Wildman–Crippen MR) is 130 cm³/mol. The van der Waals surface area contributed by atoms with Crippen LogP contribution in [0.5, 0.6) is 0 Å². The van der Waals surface area contributed by atoms with Crippen LogP contribution in [0.15, 0.2) is 30.5 Å². The van der Waals surface area contributed by atoms with E-state index in [1.54, 1.807) is 12.3 Å². The summed E-state index contributed by atoms with van der Waals surface area (Å²) in [6.07, 6.45) is 3.97. The Bertz CT molecular complexity index is 1050. The van der Waals surface area contributed by atoms with Crippen LogP contribution < -0.4 is 5.46 Å². The number of hydrogen-bond acceptors (Lipinski definition) is 4. The number of benzene rings is 1. The Morgan fingerprint density at radius 2 is 1.41 bits per heavy atom. The van der Waals surface area contributed by atoms with Crippen LogP contribution in [0.25, 0.3) is 0 Å². The van der Waals surface area contributed by atoms with Gasteiger partial charge in [-0.05, 0) is 87.1 Å². The van der Waals surface area contributed by atoms with Gasteiger partial charge in [0, 0.05) is 17.2 Å². The number of fused-ring (bicyclic) bond motifs is 1. The molecule has 1 fully saturated rings. The van der Waals surface area contributed by atoms with Gasteiger partial charge in [-0.3, -0.25) is 9.78 Å². The third-order valence-corrected chi connectivity index (χ3v) is 7.99. The van der Waals surface area contributed by atoms with Gasteiger partial charge in [0.05, 0.1) is 11.2 Å². The average molecular weight is 433 g/mol. The van der Waals surface area contributed by atoms with E-state index >= 15 is 0 Å². The highest BCUT2D eigenvalue weighted by atomic mass is 16.7. The van der Waals surface area contributed by atoms with Gasteiger partial charge in [-0.2, -0.15) is 0 Å². The van der Waals surface area contributed by atoms with Crippen molar-refractivity contribution < 1.29 is 14.1 Å². The number of pyridine rings is 1. The number of hydrogen-bond donors (Lipinski definition) is 0. The zero-order chi connectivity index (χ0) is 23.7. The number of carbonyl (C=O) groups is 1. The molecule has 5 heteroatoms. The van der Waals surface area contributed by atoms with Crippen LogP contribution in [-0.4, -0.2) is 29.1 Å². The smallest absolute Gasteiger partial charge is 0.399 e. The number of rotatable bonds is 3. The zero-order valence-electron chi connectivity index (χ0n) is 21.1. The fraction of sp³-hybridized carbons (Fsp3) is 0.556. The van der Waals surface area contributed by atoms with Gasteiger partial charge in [-0.1, -0.05) is 39.8 Å². The van der Waals surface area contributed by atoms with E-state index in [0.717, 1.165) is 29.4 Å². The van der Waals surface area contributed by atoms with E-state index in [1.807, 2.05) is 40.7 Å². The lowest BCUT2D eigenvalue weighted by Gasteiger charge is -2.42. The SMILES string of the molecule is Cc1cc2c(cc1C(=O)c1ccc(B3OC(C)(C)C(C)(C)O3)cn1)C(C)(C)CCC2(C)C. The molecule has 0 atom stereocenters. The first-order chi connectivity index (χ1) is 14.6. The highest BCUT2D eigenvalue weighted by Gasteiger charge is 2.51. The minimum atomic E-state index is -0.481. The number of aromatic nitrogens is 1. The standard InChI is InChI=1S/C27H36BNO3/c1-17-14-20-21(25(4,5)13-12-24(20,2)3)15-19(17)23(30)22-11-10-18(16-29-22)28-31-26(6,7)27(8,9)32-28/h10-11,14-16H,12-13H2,1-9H3. The van der Waals surface area contributed by atoms with Crippen molar-refractivity contribution in [2.45, 2.75) is 97.2 Å². The summed E-state index contributed by atoms with van der Waals surface area (Å²) >= 11 is 0. The van der Waals surface area contributed by atoms with Crippen molar-refractivity contribution in [2.75, 3.05) is 0 Å². The van der Waals surface area contributed by atoms with Gasteiger partial charge < -0.3 is 9.31 Å². The van der Waals surface area contributed by atoms with Crippen LogP contribution in [0, 0.1) is 6.92 Å². The topological polar surface area (TPSA) is 48.4 Å². The van der Waals surface area contributed by atoms with E-state index < -0.39 is 18.3 Å². The van der Waals surface area contributed by atoms with Gasteiger partial charge in [0.15, 0.2) is 0 Å². The molecular weight excluding hydrogens is 397 g/mol. The van der Waals surface area contributed by atoms with E-state index in [9.17, 15) is 4.79 Å². The Morgan fingerprint density at radius 3 is 1.91 bits per heavy atom. The maximum Gasteiger partial charge on any atom is 0.496 e. The summed E-state index contributed by atoms with van der Waals surface area (Å²) in [6, 6.07) is 8.03. The largest absolute Gasteiger partial charge is 0.496 e. The third-order valence-electron chi connectivity index (χ3n) is 7.99. The van der Waals surface area contributed by atoms with E-state index in [0.29, 0.717) is 5.69 Å². The molecule has 0 saturated carbocycles. The monoisotopic (exact) mass is 433 g/mol. The van der Waals surface area contributed by atoms with Crippen LogP contribution in [0.2, 0.25) is 0 Å². The highest BCUT2D eigenvalue weighted by molar-refractivity contribution is 6.62. The number of ketones is 1. The summed E-state index contributed by atoms with van der Waals surface area (Å²) < 4.78 is 12.2. The summed E-state index contributed by atoms with van der Waals surface area (Å²) in [5.41, 5.74) is 5.04. The molecule has 32 heavy (non-hydrogen) atoms. The molecule has 0 amide bonds. The molecule has 4 rings (SSSR count). The van der Waals surface area contributed by atoms with E-state index in [1.165, 1.54) is 11.1 Å². The minimum Gasteiger partial charge on any atom is -0.399 e. The lowest BCUT2D eigenvalue weighted by molar-refractivity contribution is 0.00578. The molecule has 0 spiro atoms. The molecule has 170 valence electrons. The molecule has 1 aliphatic carbocycles. The third kappa shape index (κ3) is 3.74. The summed E-state index contributed by atoms with van der Waals surface area (Å²) in [5.74, 6) is -0.0371. The molecule has 2 aliphatic rings. The zero-order valence-corrected chi connectivity index (χ0v) is 21.1. The van der Waals surface area contributed by atoms with Crippen LogP contribution in [-0.2, 0) is 20.1 Å². The first-order valence-corrected chi connectivity index (χ1v) is 11.7. The maximum absolute atomic E-state index is 13.4. The van der Waals surface area contributed by atoms with Crippen LogP contribution in [0.1, 0.15) is 101 Å². The Morgan fingerprint density at radius 1 is 0.875 bits per heavy atom. The first-order valence-electron chi connectivity index (χ1n) is 11.7. The second kappa shape index (κ2) is 7.26. The van der Waals surface area contributed by atoms with Crippen molar-refractivity contribution in [3.8, 4) is 0 Å². The second-order valence-corrected chi connectivity index (χ2v) is 11.9. The fourth-order valence-corrected chi connectivity index (χ4v) is 4.76. The molecule has 4 nitrogen and oxygen atoms in total.